The highest BCUT2D eigenvalue weighted by atomic mass is 16.2. The Morgan fingerprint density at radius 1 is 1.13 bits per heavy atom. The van der Waals surface area contributed by atoms with Gasteiger partial charge in [-0.25, -0.2) is 9.97 Å². The van der Waals surface area contributed by atoms with Crippen LogP contribution < -0.4 is 10.2 Å². The van der Waals surface area contributed by atoms with Crippen molar-refractivity contribution in [3.05, 3.63) is 41.7 Å². The molecule has 164 valence electrons. The first kappa shape index (κ1) is 21.3. The Morgan fingerprint density at radius 2 is 1.84 bits per heavy atom. The van der Waals surface area contributed by atoms with E-state index in [0.717, 1.165) is 55.2 Å². The third kappa shape index (κ3) is 4.55. The van der Waals surface area contributed by atoms with Gasteiger partial charge < -0.3 is 15.1 Å². The number of amides is 1. The minimum absolute atomic E-state index is 0.145. The highest BCUT2D eigenvalue weighted by molar-refractivity contribution is 5.87. The van der Waals surface area contributed by atoms with Crippen LogP contribution in [0.25, 0.3) is 0 Å². The molecule has 1 saturated heterocycles. The van der Waals surface area contributed by atoms with E-state index in [1.807, 2.05) is 30.2 Å². The Hall–Kier alpha value is -2.96. The van der Waals surface area contributed by atoms with Crippen molar-refractivity contribution < 1.29 is 9.59 Å². The maximum Gasteiger partial charge on any atom is 0.227 e. The smallest absolute Gasteiger partial charge is 0.227 e. The highest BCUT2D eigenvalue weighted by Crippen LogP contribution is 2.33. The summed E-state index contributed by atoms with van der Waals surface area (Å²) >= 11 is 0. The van der Waals surface area contributed by atoms with Gasteiger partial charge in [0.2, 0.25) is 11.9 Å². The van der Waals surface area contributed by atoms with Crippen LogP contribution in [0.15, 0.2) is 30.5 Å². The van der Waals surface area contributed by atoms with E-state index in [0.29, 0.717) is 18.8 Å². The van der Waals surface area contributed by atoms with E-state index in [2.05, 4.69) is 41.2 Å². The van der Waals surface area contributed by atoms with E-state index in [-0.39, 0.29) is 23.5 Å². The second-order valence-electron chi connectivity index (χ2n) is 8.69. The third-order valence-electron chi connectivity index (χ3n) is 6.27. The maximum atomic E-state index is 12.4. The fourth-order valence-electron chi connectivity index (χ4n) is 4.52. The number of Topliss-reactive ketones (excluding diaryl/α,β-unsaturated/α-hetero) is 1. The van der Waals surface area contributed by atoms with Crippen molar-refractivity contribution in [3.8, 4) is 0 Å². The summed E-state index contributed by atoms with van der Waals surface area (Å²) in [5, 5.41) is 3.28. The Labute approximate surface area is 183 Å². The number of piperazine rings is 1. The SMILES string of the molecule is CCC(=O)N1CCN(c2ccc(Nc3ncc4c(n3)C(C(C)C)C(=O)CC4)cc2)CC1. The quantitative estimate of drug-likeness (QED) is 0.796. The van der Waals surface area contributed by atoms with Gasteiger partial charge in [0.15, 0.2) is 0 Å². The minimum Gasteiger partial charge on any atom is -0.368 e. The first-order valence-corrected chi connectivity index (χ1v) is 11.2. The number of carbonyl (C=O) groups excluding carboxylic acids is 2. The molecule has 1 unspecified atom stereocenters. The van der Waals surface area contributed by atoms with Crippen LogP contribution in [0.1, 0.15) is 50.8 Å². The average molecular weight is 422 g/mol. The second-order valence-corrected chi connectivity index (χ2v) is 8.69. The van der Waals surface area contributed by atoms with E-state index >= 15 is 0 Å². The summed E-state index contributed by atoms with van der Waals surface area (Å²) in [6, 6.07) is 8.20. The Bertz CT molecular complexity index is 949. The summed E-state index contributed by atoms with van der Waals surface area (Å²) in [7, 11) is 0. The van der Waals surface area contributed by atoms with E-state index < -0.39 is 0 Å². The molecule has 1 aromatic heterocycles. The van der Waals surface area contributed by atoms with Crippen molar-refractivity contribution in [2.75, 3.05) is 36.4 Å². The van der Waals surface area contributed by atoms with Crippen LogP contribution in [0, 0.1) is 5.92 Å². The number of hydrogen-bond donors (Lipinski definition) is 1. The number of nitrogens with one attached hydrogen (secondary N) is 1. The fraction of sp³-hybridized carbons (Fsp3) is 0.500. The molecule has 2 aromatic rings. The zero-order valence-electron chi connectivity index (χ0n) is 18.6. The summed E-state index contributed by atoms with van der Waals surface area (Å²) in [6.45, 7) is 9.28. The number of hydrogen-bond acceptors (Lipinski definition) is 6. The van der Waals surface area contributed by atoms with Crippen molar-refractivity contribution in [2.24, 2.45) is 5.92 Å². The zero-order valence-corrected chi connectivity index (χ0v) is 18.6. The molecule has 2 aliphatic rings. The number of anilines is 3. The van der Waals surface area contributed by atoms with Crippen LogP contribution in [0.3, 0.4) is 0 Å². The molecule has 1 aliphatic carbocycles. The molecule has 7 nitrogen and oxygen atoms in total. The molecular weight excluding hydrogens is 390 g/mol. The molecule has 1 atom stereocenters. The van der Waals surface area contributed by atoms with Crippen molar-refractivity contribution in [1.29, 1.82) is 0 Å². The average Bonchev–Trinajstić information content (AvgIpc) is 2.78. The number of rotatable bonds is 5. The van der Waals surface area contributed by atoms with Crippen molar-refractivity contribution in [2.45, 2.75) is 46.0 Å². The number of aryl methyl sites for hydroxylation is 1. The predicted octanol–water partition coefficient (Wildman–Crippen LogP) is 3.53. The maximum absolute atomic E-state index is 12.4. The molecule has 0 spiro atoms. The monoisotopic (exact) mass is 421 g/mol. The summed E-state index contributed by atoms with van der Waals surface area (Å²) in [5.41, 5.74) is 4.01. The standard InChI is InChI=1S/C24H31N5O2/c1-4-21(31)29-13-11-28(12-14-29)19-8-6-18(7-9-19)26-24-25-15-17-5-10-20(30)22(16(2)3)23(17)27-24/h6-9,15-16,22H,4-5,10-14H2,1-3H3,(H,25,26,27). The van der Waals surface area contributed by atoms with Crippen molar-refractivity contribution in [1.82, 2.24) is 14.9 Å². The lowest BCUT2D eigenvalue weighted by molar-refractivity contribution is -0.131. The number of ketones is 1. The van der Waals surface area contributed by atoms with E-state index in [1.165, 1.54) is 0 Å². The van der Waals surface area contributed by atoms with Gasteiger partial charge in [-0.05, 0) is 42.2 Å². The molecule has 1 aromatic carbocycles. The van der Waals surface area contributed by atoms with Crippen LogP contribution in [-0.2, 0) is 16.0 Å². The van der Waals surface area contributed by atoms with E-state index in [4.69, 9.17) is 4.98 Å². The highest BCUT2D eigenvalue weighted by Gasteiger charge is 2.32. The van der Waals surface area contributed by atoms with Gasteiger partial charge in [-0.1, -0.05) is 20.8 Å². The number of fused-ring (bicyclic) bond motifs is 1. The first-order valence-electron chi connectivity index (χ1n) is 11.2. The summed E-state index contributed by atoms with van der Waals surface area (Å²) in [4.78, 5) is 37.7. The first-order chi connectivity index (χ1) is 15.0. The number of benzene rings is 1. The molecule has 1 amide bonds. The summed E-state index contributed by atoms with van der Waals surface area (Å²) in [6.07, 6.45) is 3.73. The van der Waals surface area contributed by atoms with Gasteiger partial charge in [-0.15, -0.1) is 0 Å². The van der Waals surface area contributed by atoms with Gasteiger partial charge in [0, 0.05) is 56.6 Å². The minimum atomic E-state index is -0.145. The van der Waals surface area contributed by atoms with Crippen LogP contribution >= 0.6 is 0 Å². The van der Waals surface area contributed by atoms with E-state index in [9.17, 15) is 9.59 Å². The molecule has 2 heterocycles. The van der Waals surface area contributed by atoms with Gasteiger partial charge in [0.25, 0.3) is 0 Å². The van der Waals surface area contributed by atoms with Crippen molar-refractivity contribution >= 4 is 29.0 Å². The lowest BCUT2D eigenvalue weighted by Crippen LogP contribution is -2.48. The molecule has 0 radical (unpaired) electrons. The zero-order chi connectivity index (χ0) is 22.0. The summed E-state index contributed by atoms with van der Waals surface area (Å²) in [5.74, 6) is 1.11. The van der Waals surface area contributed by atoms with Crippen LogP contribution in [0.5, 0.6) is 0 Å². The van der Waals surface area contributed by atoms with Gasteiger partial charge in [0.1, 0.15) is 5.78 Å². The fourth-order valence-corrected chi connectivity index (χ4v) is 4.52. The topological polar surface area (TPSA) is 78.4 Å². The Morgan fingerprint density at radius 3 is 2.48 bits per heavy atom. The molecule has 1 N–H and O–H groups in total. The largest absolute Gasteiger partial charge is 0.368 e. The molecule has 31 heavy (non-hydrogen) atoms. The Balaban J connectivity index is 1.43. The normalized spacial score (nSPS) is 18.8. The second kappa shape index (κ2) is 9.04. The lowest BCUT2D eigenvalue weighted by atomic mass is 9.79. The van der Waals surface area contributed by atoms with Gasteiger partial charge >= 0.3 is 0 Å². The van der Waals surface area contributed by atoms with Gasteiger partial charge in [-0.3, -0.25) is 9.59 Å². The molecule has 7 heteroatoms. The molecule has 1 aliphatic heterocycles. The van der Waals surface area contributed by atoms with Crippen molar-refractivity contribution in [3.63, 3.8) is 0 Å². The molecular formula is C24H31N5O2. The number of nitrogens with zero attached hydrogens (tertiary/aromatic N) is 4. The lowest BCUT2D eigenvalue weighted by Gasteiger charge is -2.36. The molecule has 4 rings (SSSR count). The van der Waals surface area contributed by atoms with Gasteiger partial charge in [0.05, 0.1) is 11.6 Å². The molecule has 0 bridgehead atoms. The van der Waals surface area contributed by atoms with E-state index in [1.54, 1.807) is 0 Å². The third-order valence-corrected chi connectivity index (χ3v) is 6.27. The number of carbonyl (C=O) groups is 2. The molecule has 1 fully saturated rings. The molecule has 0 saturated carbocycles. The predicted molar refractivity (Wildman–Crippen MR) is 122 cm³/mol. The Kier molecular flexibility index (Phi) is 6.20. The number of aromatic nitrogens is 2. The van der Waals surface area contributed by atoms with Crippen LogP contribution in [0.2, 0.25) is 0 Å². The van der Waals surface area contributed by atoms with Crippen LogP contribution in [0.4, 0.5) is 17.3 Å². The van der Waals surface area contributed by atoms with Crippen LogP contribution in [-0.4, -0.2) is 52.7 Å². The van der Waals surface area contributed by atoms with Gasteiger partial charge in [-0.2, -0.15) is 0 Å². The summed E-state index contributed by atoms with van der Waals surface area (Å²) < 4.78 is 0.